The number of nitrogens with two attached hydrogens (primary N) is 1. The fraction of sp³-hybridized carbons (Fsp3) is 0.769. The van der Waals surface area contributed by atoms with E-state index in [0.29, 0.717) is 6.42 Å². The van der Waals surface area contributed by atoms with Crippen molar-refractivity contribution in [3.05, 3.63) is 16.7 Å². The van der Waals surface area contributed by atoms with Gasteiger partial charge < -0.3 is 20.3 Å². The molecule has 3 heterocycles. The lowest BCUT2D eigenvalue weighted by atomic mass is 10.0. The molecule has 0 aliphatic carbocycles. The highest BCUT2D eigenvalue weighted by Gasteiger charge is 2.36. The zero-order chi connectivity index (χ0) is 25.8. The number of nitrogens with one attached hydrogen (secondary N) is 1. The number of aromatic amines is 1. The van der Waals surface area contributed by atoms with Crippen LogP contribution in [0.5, 0.6) is 0 Å². The molecule has 4 N–H and O–H groups in total. The predicted octanol–water partition coefficient (Wildman–Crippen LogP) is 4.37. The molecule has 1 unspecified atom stereocenters. The maximum absolute atomic E-state index is 12.1. The second-order valence-electron chi connectivity index (χ2n) is 9.88. The summed E-state index contributed by atoms with van der Waals surface area (Å²) in [6.45, 7) is 2.24. The van der Waals surface area contributed by atoms with E-state index >= 15 is 0 Å². The van der Waals surface area contributed by atoms with Crippen LogP contribution in [0.1, 0.15) is 109 Å². The Morgan fingerprint density at radius 3 is 2.36 bits per heavy atom. The molecule has 2 aromatic rings. The number of aliphatic hydroxyl groups excluding tert-OH is 1. The number of anilines is 1. The number of carbonyl (C=O) groups is 1. The van der Waals surface area contributed by atoms with Crippen LogP contribution in [-0.2, 0) is 14.3 Å². The minimum Gasteiger partial charge on any atom is -0.463 e. The number of carbonyl (C=O) groups excluding carboxylic acids is 1. The fourth-order valence-electron chi connectivity index (χ4n) is 4.72. The van der Waals surface area contributed by atoms with Gasteiger partial charge in [0.2, 0.25) is 5.95 Å². The molecule has 2 aromatic heterocycles. The van der Waals surface area contributed by atoms with Crippen molar-refractivity contribution in [3.8, 4) is 0 Å². The van der Waals surface area contributed by atoms with E-state index in [2.05, 4.69) is 21.9 Å². The number of aliphatic hydroxyl groups is 1. The quantitative estimate of drug-likeness (QED) is 0.212. The molecule has 0 aromatic carbocycles. The molecule has 10 heteroatoms. The number of nitrogens with zero attached hydrogens (tertiary/aromatic N) is 3. The van der Waals surface area contributed by atoms with Gasteiger partial charge in [0.15, 0.2) is 11.2 Å². The van der Waals surface area contributed by atoms with E-state index in [1.807, 2.05) is 0 Å². The minimum atomic E-state index is -0.809. The Labute approximate surface area is 213 Å². The molecule has 1 aliphatic heterocycles. The minimum absolute atomic E-state index is 0.0161. The molecule has 36 heavy (non-hydrogen) atoms. The lowest BCUT2D eigenvalue weighted by molar-refractivity contribution is -0.150. The smallest absolute Gasteiger partial charge is 0.305 e. The fourth-order valence-corrected chi connectivity index (χ4v) is 4.72. The Morgan fingerprint density at radius 2 is 1.72 bits per heavy atom. The Balaban J connectivity index is 1.25. The second-order valence-corrected chi connectivity index (χ2v) is 9.88. The molecule has 1 aliphatic rings. The van der Waals surface area contributed by atoms with Crippen LogP contribution in [0.15, 0.2) is 11.1 Å². The maximum atomic E-state index is 12.1. The molecule has 3 rings (SSSR count). The predicted molar refractivity (Wildman–Crippen MR) is 138 cm³/mol. The lowest BCUT2D eigenvalue weighted by Crippen LogP contribution is -2.28. The summed E-state index contributed by atoms with van der Waals surface area (Å²) in [5.74, 6) is -0.294. The van der Waals surface area contributed by atoms with Gasteiger partial charge in [-0.25, -0.2) is 4.98 Å². The van der Waals surface area contributed by atoms with E-state index in [-0.39, 0.29) is 36.1 Å². The van der Waals surface area contributed by atoms with E-state index in [0.717, 1.165) is 19.3 Å². The highest BCUT2D eigenvalue weighted by molar-refractivity contribution is 5.70. The highest BCUT2D eigenvalue weighted by Crippen LogP contribution is 2.30. The summed E-state index contributed by atoms with van der Waals surface area (Å²) < 4.78 is 12.8. The summed E-state index contributed by atoms with van der Waals surface area (Å²) in [6.07, 6.45) is 16.4. The van der Waals surface area contributed by atoms with Gasteiger partial charge in [0.05, 0.1) is 12.4 Å². The summed E-state index contributed by atoms with van der Waals surface area (Å²) in [5.41, 5.74) is 5.64. The van der Waals surface area contributed by atoms with E-state index in [1.165, 1.54) is 70.5 Å². The normalized spacial score (nSPS) is 19.8. The van der Waals surface area contributed by atoms with E-state index in [9.17, 15) is 14.7 Å². The van der Waals surface area contributed by atoms with E-state index in [1.54, 1.807) is 4.57 Å². The van der Waals surface area contributed by atoms with Crippen LogP contribution in [0.25, 0.3) is 11.2 Å². The zero-order valence-electron chi connectivity index (χ0n) is 21.6. The molecule has 202 valence electrons. The topological polar surface area (TPSA) is 145 Å². The molecule has 1 saturated heterocycles. The van der Waals surface area contributed by atoms with Crippen molar-refractivity contribution in [1.29, 1.82) is 0 Å². The summed E-state index contributed by atoms with van der Waals surface area (Å²) in [4.78, 5) is 34.7. The molecule has 1 fully saturated rings. The van der Waals surface area contributed by atoms with Gasteiger partial charge in [-0.05, 0) is 6.42 Å². The molecular weight excluding hydrogens is 462 g/mol. The number of H-pyrrole nitrogens is 1. The van der Waals surface area contributed by atoms with Gasteiger partial charge in [-0.3, -0.25) is 19.1 Å². The third-order valence-corrected chi connectivity index (χ3v) is 6.86. The van der Waals surface area contributed by atoms with Crippen molar-refractivity contribution >= 4 is 23.1 Å². The summed E-state index contributed by atoms with van der Waals surface area (Å²) in [7, 11) is 0. The van der Waals surface area contributed by atoms with Gasteiger partial charge in [-0.2, -0.15) is 4.98 Å². The number of ether oxygens (including phenoxy) is 2. The van der Waals surface area contributed by atoms with E-state index < -0.39 is 24.0 Å². The second kappa shape index (κ2) is 14.9. The van der Waals surface area contributed by atoms with Crippen LogP contribution in [0, 0.1) is 0 Å². The largest absolute Gasteiger partial charge is 0.463 e. The van der Waals surface area contributed by atoms with Gasteiger partial charge in [0, 0.05) is 12.8 Å². The van der Waals surface area contributed by atoms with Crippen LogP contribution < -0.4 is 11.3 Å². The Morgan fingerprint density at radius 1 is 1.11 bits per heavy atom. The van der Waals surface area contributed by atoms with Crippen molar-refractivity contribution in [2.75, 3.05) is 12.3 Å². The van der Waals surface area contributed by atoms with Crippen LogP contribution in [0.3, 0.4) is 0 Å². The van der Waals surface area contributed by atoms with Crippen LogP contribution >= 0.6 is 0 Å². The van der Waals surface area contributed by atoms with Gasteiger partial charge >= 0.3 is 5.97 Å². The van der Waals surface area contributed by atoms with Crippen molar-refractivity contribution in [2.45, 2.75) is 122 Å². The Bertz CT molecular complexity index is 991. The first-order valence-corrected chi connectivity index (χ1v) is 13.7. The molecule has 0 saturated carbocycles. The van der Waals surface area contributed by atoms with Crippen LogP contribution in [0.4, 0.5) is 5.95 Å². The monoisotopic (exact) mass is 505 g/mol. The average Bonchev–Trinajstić information content (AvgIpc) is 3.44. The van der Waals surface area contributed by atoms with Crippen LogP contribution in [0.2, 0.25) is 0 Å². The highest BCUT2D eigenvalue weighted by atomic mass is 16.6. The molecule has 0 bridgehead atoms. The third kappa shape index (κ3) is 8.58. The molecule has 10 nitrogen and oxygen atoms in total. The van der Waals surface area contributed by atoms with Gasteiger partial charge in [0.1, 0.15) is 18.9 Å². The van der Waals surface area contributed by atoms with Crippen LogP contribution in [-0.4, -0.2) is 49.4 Å². The van der Waals surface area contributed by atoms with Gasteiger partial charge in [-0.1, -0.05) is 84.0 Å². The molecule has 3 atom stereocenters. The molecule has 0 amide bonds. The van der Waals surface area contributed by atoms with Crippen molar-refractivity contribution in [3.63, 3.8) is 0 Å². The number of fused-ring (bicyclic) bond motifs is 1. The third-order valence-electron chi connectivity index (χ3n) is 6.86. The van der Waals surface area contributed by atoms with Gasteiger partial charge in [0.25, 0.3) is 5.56 Å². The van der Waals surface area contributed by atoms with Crippen molar-refractivity contribution in [1.82, 2.24) is 19.5 Å². The van der Waals surface area contributed by atoms with Crippen molar-refractivity contribution < 1.29 is 19.4 Å². The Kier molecular flexibility index (Phi) is 11.7. The first kappa shape index (κ1) is 28.1. The molecule has 0 spiro atoms. The van der Waals surface area contributed by atoms with Crippen molar-refractivity contribution in [2.24, 2.45) is 0 Å². The van der Waals surface area contributed by atoms with Gasteiger partial charge in [-0.15, -0.1) is 0 Å². The number of nitrogen functional groups attached to an aromatic ring is 1. The number of aromatic nitrogens is 4. The molecular formula is C26H43N5O5. The first-order valence-electron chi connectivity index (χ1n) is 13.7. The maximum Gasteiger partial charge on any atom is 0.305 e. The number of rotatable bonds is 17. The lowest BCUT2D eigenvalue weighted by Gasteiger charge is -2.16. The first-order chi connectivity index (χ1) is 17.5. The number of hydrogen-bond donors (Lipinski definition) is 3. The van der Waals surface area contributed by atoms with E-state index in [4.69, 9.17) is 15.2 Å². The standard InChI is InChI=1S/C26H43N5O5/c1-2-3-4-5-6-7-8-9-10-11-12-13-14-15-22(33)35-17-20-19(32)16-21(36-20)31-18-28-23-24(31)29-26(27)30-25(23)34/h18-21,32H,2-17H2,1H3,(H3,27,29,30,34)/t19-,20+,21?/m0/s1. The zero-order valence-corrected chi connectivity index (χ0v) is 21.6. The number of esters is 1. The Hall–Kier alpha value is -2.46. The number of unbranched alkanes of at least 4 members (excludes halogenated alkanes) is 12. The number of hydrogen-bond acceptors (Lipinski definition) is 8. The summed E-state index contributed by atoms with van der Waals surface area (Å²) in [6, 6.07) is 0. The summed E-state index contributed by atoms with van der Waals surface area (Å²) >= 11 is 0. The average molecular weight is 506 g/mol. The summed E-state index contributed by atoms with van der Waals surface area (Å²) in [5, 5.41) is 10.4. The number of imidazole rings is 1. The SMILES string of the molecule is CCCCCCCCCCCCCCCC(=O)OC[C@H]1OC(n2cnc3c(=O)[nH]c(N)nc32)C[C@@H]1O. The molecule has 0 radical (unpaired) electrons.